The van der Waals surface area contributed by atoms with Crippen LogP contribution in [-0.4, -0.2) is 58.7 Å². The van der Waals surface area contributed by atoms with Crippen molar-refractivity contribution in [2.75, 3.05) is 30.3 Å². The zero-order valence-electron chi connectivity index (χ0n) is 16.4. The summed E-state index contributed by atoms with van der Waals surface area (Å²) in [4.78, 5) is 23.1. The van der Waals surface area contributed by atoms with E-state index in [0.717, 1.165) is 38.4 Å². The number of nitrogens with one attached hydrogen (secondary N) is 2. The smallest absolute Gasteiger partial charge is 0.224 e. The van der Waals surface area contributed by atoms with Crippen LogP contribution in [-0.2, 0) is 9.53 Å². The molecule has 2 saturated heterocycles. The number of rotatable bonds is 7. The third-order valence-electron chi connectivity index (χ3n) is 5.79. The van der Waals surface area contributed by atoms with E-state index in [1.165, 1.54) is 12.8 Å². The van der Waals surface area contributed by atoms with Crippen molar-refractivity contribution in [3.05, 3.63) is 12.3 Å². The first kappa shape index (κ1) is 18.5. The van der Waals surface area contributed by atoms with Crippen molar-refractivity contribution in [1.82, 2.24) is 14.9 Å². The molecular formula is C20H31N5O2. The highest BCUT2D eigenvalue weighted by atomic mass is 16.5. The van der Waals surface area contributed by atoms with E-state index in [-0.39, 0.29) is 12.1 Å². The Morgan fingerprint density at radius 2 is 2.19 bits per heavy atom. The first-order valence-electron chi connectivity index (χ1n) is 10.3. The van der Waals surface area contributed by atoms with Gasteiger partial charge in [-0.25, -0.2) is 4.98 Å². The van der Waals surface area contributed by atoms with Crippen molar-refractivity contribution >= 4 is 17.7 Å². The maximum Gasteiger partial charge on any atom is 0.224 e. The quantitative estimate of drug-likeness (QED) is 0.765. The number of anilines is 2. The van der Waals surface area contributed by atoms with Gasteiger partial charge in [-0.05, 0) is 37.7 Å². The topological polar surface area (TPSA) is 79.4 Å². The van der Waals surface area contributed by atoms with Gasteiger partial charge in [0.2, 0.25) is 11.9 Å². The van der Waals surface area contributed by atoms with E-state index >= 15 is 0 Å². The molecule has 3 heterocycles. The van der Waals surface area contributed by atoms with Crippen LogP contribution in [0.3, 0.4) is 0 Å². The van der Waals surface area contributed by atoms with Gasteiger partial charge in [0.25, 0.3) is 0 Å². The van der Waals surface area contributed by atoms with E-state index < -0.39 is 0 Å². The molecule has 2 aliphatic heterocycles. The zero-order chi connectivity index (χ0) is 18.8. The fraction of sp³-hybridized carbons (Fsp3) is 0.750. The molecule has 0 aromatic carbocycles. The van der Waals surface area contributed by atoms with Gasteiger partial charge in [-0.1, -0.05) is 13.8 Å². The van der Waals surface area contributed by atoms with Gasteiger partial charge < -0.3 is 20.3 Å². The highest BCUT2D eigenvalue weighted by Crippen LogP contribution is 2.32. The molecule has 1 amide bonds. The molecule has 7 nitrogen and oxygen atoms in total. The van der Waals surface area contributed by atoms with Crippen LogP contribution in [0.25, 0.3) is 0 Å². The van der Waals surface area contributed by atoms with Gasteiger partial charge in [0.1, 0.15) is 5.82 Å². The maximum atomic E-state index is 12.1. The van der Waals surface area contributed by atoms with Crippen LogP contribution < -0.4 is 10.6 Å². The van der Waals surface area contributed by atoms with Gasteiger partial charge >= 0.3 is 0 Å². The molecule has 3 atom stereocenters. The van der Waals surface area contributed by atoms with Crippen molar-refractivity contribution in [3.63, 3.8) is 0 Å². The summed E-state index contributed by atoms with van der Waals surface area (Å²) in [7, 11) is 0. The fourth-order valence-electron chi connectivity index (χ4n) is 4.25. The van der Waals surface area contributed by atoms with Crippen LogP contribution >= 0.6 is 0 Å². The number of carbonyl (C=O) groups is 1. The Bertz CT molecular complexity index is 664. The predicted molar refractivity (Wildman–Crippen MR) is 105 cm³/mol. The minimum atomic E-state index is 0.211. The summed E-state index contributed by atoms with van der Waals surface area (Å²) in [5.74, 6) is 2.57. The summed E-state index contributed by atoms with van der Waals surface area (Å²) in [6.07, 6.45) is 7.14. The van der Waals surface area contributed by atoms with Crippen LogP contribution in [0.5, 0.6) is 0 Å². The zero-order valence-corrected chi connectivity index (χ0v) is 16.4. The lowest BCUT2D eigenvalue weighted by molar-refractivity contribution is -0.128. The Hall–Kier alpha value is -1.89. The average Bonchev–Trinajstić information content (AvgIpc) is 3.43. The summed E-state index contributed by atoms with van der Waals surface area (Å²) < 4.78 is 5.96. The lowest BCUT2D eigenvalue weighted by Crippen LogP contribution is -2.43. The van der Waals surface area contributed by atoms with Crippen LogP contribution in [0.15, 0.2) is 12.3 Å². The van der Waals surface area contributed by atoms with Crippen LogP contribution in [0.2, 0.25) is 0 Å². The Morgan fingerprint density at radius 1 is 1.33 bits per heavy atom. The van der Waals surface area contributed by atoms with Crippen molar-refractivity contribution < 1.29 is 9.53 Å². The Kier molecular flexibility index (Phi) is 5.48. The summed E-state index contributed by atoms with van der Waals surface area (Å²) in [6, 6.07) is 2.70. The van der Waals surface area contributed by atoms with E-state index in [2.05, 4.69) is 39.3 Å². The van der Waals surface area contributed by atoms with E-state index in [4.69, 9.17) is 4.74 Å². The third kappa shape index (κ3) is 4.51. The Labute approximate surface area is 161 Å². The summed E-state index contributed by atoms with van der Waals surface area (Å²) in [6.45, 7) is 6.84. The van der Waals surface area contributed by atoms with Gasteiger partial charge in [-0.3, -0.25) is 4.79 Å². The second-order valence-corrected chi connectivity index (χ2v) is 8.47. The van der Waals surface area contributed by atoms with Crippen LogP contribution in [0.1, 0.15) is 46.0 Å². The lowest BCUT2D eigenvalue weighted by atomic mass is 9.94. The molecular weight excluding hydrogens is 342 g/mol. The van der Waals surface area contributed by atoms with Gasteiger partial charge in [-0.15, -0.1) is 0 Å². The van der Waals surface area contributed by atoms with Gasteiger partial charge in [0.15, 0.2) is 0 Å². The second kappa shape index (κ2) is 8.00. The summed E-state index contributed by atoms with van der Waals surface area (Å²) >= 11 is 0. The molecule has 7 heteroatoms. The molecule has 3 aliphatic rings. The lowest BCUT2D eigenvalue weighted by Gasteiger charge is -2.35. The van der Waals surface area contributed by atoms with E-state index in [0.29, 0.717) is 36.2 Å². The first-order valence-corrected chi connectivity index (χ1v) is 10.3. The number of hydrogen-bond donors (Lipinski definition) is 2. The van der Waals surface area contributed by atoms with Crippen molar-refractivity contribution in [1.29, 1.82) is 0 Å². The highest BCUT2D eigenvalue weighted by molar-refractivity contribution is 5.79. The van der Waals surface area contributed by atoms with Crippen molar-refractivity contribution in [2.24, 2.45) is 11.8 Å². The molecule has 4 rings (SSSR count). The second-order valence-electron chi connectivity index (χ2n) is 8.47. The number of likely N-dealkylation sites (tertiary alicyclic amines) is 1. The molecule has 0 bridgehead atoms. The molecule has 148 valence electrons. The monoisotopic (exact) mass is 373 g/mol. The molecule has 1 aromatic rings. The summed E-state index contributed by atoms with van der Waals surface area (Å²) in [5, 5.41) is 6.87. The normalized spacial score (nSPS) is 28.6. The third-order valence-corrected chi connectivity index (χ3v) is 5.79. The molecule has 3 unspecified atom stereocenters. The predicted octanol–water partition coefficient (Wildman–Crippen LogP) is 2.51. The maximum absolute atomic E-state index is 12.1. The number of ether oxygens (including phenoxy) is 1. The molecule has 0 spiro atoms. The minimum Gasteiger partial charge on any atom is -0.376 e. The fourth-order valence-corrected chi connectivity index (χ4v) is 4.25. The molecule has 3 fully saturated rings. The van der Waals surface area contributed by atoms with Gasteiger partial charge in [0, 0.05) is 44.3 Å². The van der Waals surface area contributed by atoms with E-state index in [1.54, 1.807) is 6.20 Å². The van der Waals surface area contributed by atoms with E-state index in [1.807, 2.05) is 6.07 Å². The van der Waals surface area contributed by atoms with Gasteiger partial charge in [-0.2, -0.15) is 4.98 Å². The molecule has 1 aliphatic carbocycles. The van der Waals surface area contributed by atoms with E-state index in [9.17, 15) is 4.79 Å². The SMILES string of the molecule is CC(C)C1OCCCC1Nc1ccnc(NCC2CC(=O)N(C3CC3)C2)n1. The number of hydrogen-bond acceptors (Lipinski definition) is 6. The molecule has 1 aromatic heterocycles. The average molecular weight is 374 g/mol. The van der Waals surface area contributed by atoms with Crippen molar-refractivity contribution in [3.8, 4) is 0 Å². The molecule has 2 N–H and O–H groups in total. The number of carbonyl (C=O) groups excluding carboxylic acids is 1. The van der Waals surface area contributed by atoms with Crippen LogP contribution in [0.4, 0.5) is 11.8 Å². The minimum absolute atomic E-state index is 0.211. The molecule has 27 heavy (non-hydrogen) atoms. The number of amides is 1. The Morgan fingerprint density at radius 3 is 2.96 bits per heavy atom. The Balaban J connectivity index is 1.31. The van der Waals surface area contributed by atoms with Crippen LogP contribution in [0, 0.1) is 11.8 Å². The first-order chi connectivity index (χ1) is 13.1. The van der Waals surface area contributed by atoms with Crippen molar-refractivity contribution in [2.45, 2.75) is 64.1 Å². The largest absolute Gasteiger partial charge is 0.376 e. The van der Waals surface area contributed by atoms with Gasteiger partial charge in [0.05, 0.1) is 12.1 Å². The molecule has 1 saturated carbocycles. The standard InChI is InChI=1S/C20H31N5O2/c1-13(2)19-16(4-3-9-27-19)23-17-7-8-21-20(24-17)22-11-14-10-18(26)25(12-14)15-5-6-15/h7-8,13-16,19H,3-6,9-12H2,1-2H3,(H2,21,22,23,24). The number of aromatic nitrogens is 2. The molecule has 0 radical (unpaired) electrons. The number of nitrogens with zero attached hydrogens (tertiary/aromatic N) is 3. The highest BCUT2D eigenvalue weighted by Gasteiger charge is 2.39. The summed E-state index contributed by atoms with van der Waals surface area (Å²) in [5.41, 5.74) is 0.